The zero-order valence-corrected chi connectivity index (χ0v) is 16.0. The van der Waals surface area contributed by atoms with E-state index in [1.165, 1.54) is 46.2 Å². The Bertz CT molecular complexity index is 1030. The first-order chi connectivity index (χ1) is 13.4. The summed E-state index contributed by atoms with van der Waals surface area (Å²) < 4.78 is 56.5. The lowest BCUT2D eigenvalue weighted by Gasteiger charge is -2.33. The van der Waals surface area contributed by atoms with Crippen LogP contribution in [0.2, 0.25) is 0 Å². The molecule has 0 aliphatic carbocycles. The number of rotatable bonds is 5. The molecular formula is C16H15F2N5O3S2. The van der Waals surface area contributed by atoms with Gasteiger partial charge < -0.3 is 9.64 Å². The summed E-state index contributed by atoms with van der Waals surface area (Å²) in [5.74, 6) is -0.0855. The molecule has 1 saturated heterocycles. The van der Waals surface area contributed by atoms with Crippen LogP contribution in [0.3, 0.4) is 0 Å². The number of thiazole rings is 1. The molecule has 0 atom stereocenters. The maximum Gasteiger partial charge on any atom is 0.387 e. The zero-order valence-electron chi connectivity index (χ0n) is 14.4. The van der Waals surface area contributed by atoms with Crippen molar-refractivity contribution in [3.8, 4) is 5.75 Å². The second kappa shape index (κ2) is 7.53. The Balaban J connectivity index is 1.44. The molecule has 1 fully saturated rings. The minimum atomic E-state index is -3.71. The van der Waals surface area contributed by atoms with Gasteiger partial charge in [-0.2, -0.15) is 18.1 Å². The van der Waals surface area contributed by atoms with Crippen molar-refractivity contribution in [1.82, 2.24) is 19.3 Å². The summed E-state index contributed by atoms with van der Waals surface area (Å²) in [4.78, 5) is 14.6. The summed E-state index contributed by atoms with van der Waals surface area (Å²) in [7, 11) is -3.71. The molecule has 0 N–H and O–H groups in total. The number of halogens is 2. The van der Waals surface area contributed by atoms with Gasteiger partial charge in [0.25, 0.3) is 0 Å². The average molecular weight is 427 g/mol. The van der Waals surface area contributed by atoms with Gasteiger partial charge in [0.15, 0.2) is 10.8 Å². The molecule has 8 nitrogen and oxygen atoms in total. The van der Waals surface area contributed by atoms with Gasteiger partial charge in [0.05, 0.1) is 9.60 Å². The van der Waals surface area contributed by atoms with Gasteiger partial charge in [-0.05, 0) is 24.3 Å². The normalized spacial score (nSPS) is 16.0. The largest absolute Gasteiger partial charge is 0.435 e. The van der Waals surface area contributed by atoms with E-state index >= 15 is 0 Å². The molecule has 0 spiro atoms. The number of anilines is 1. The van der Waals surface area contributed by atoms with Crippen LogP contribution in [-0.2, 0) is 10.0 Å². The van der Waals surface area contributed by atoms with Crippen LogP contribution in [0.5, 0.6) is 5.75 Å². The summed E-state index contributed by atoms with van der Waals surface area (Å²) in [5.41, 5.74) is 0.621. The van der Waals surface area contributed by atoms with E-state index in [2.05, 4.69) is 19.7 Å². The SMILES string of the molecule is O=S(=O)(c1ccc(OC(F)F)cc1)N1CCN(c2nc3ncncc3s2)CC1. The first-order valence-corrected chi connectivity index (χ1v) is 10.6. The number of piperazine rings is 1. The monoisotopic (exact) mass is 427 g/mol. The highest BCUT2D eigenvalue weighted by Crippen LogP contribution is 2.28. The van der Waals surface area contributed by atoms with Crippen LogP contribution >= 0.6 is 11.3 Å². The van der Waals surface area contributed by atoms with Crippen LogP contribution in [0.1, 0.15) is 0 Å². The van der Waals surface area contributed by atoms with Crippen LogP contribution in [0.4, 0.5) is 13.9 Å². The van der Waals surface area contributed by atoms with Crippen LogP contribution in [0, 0.1) is 0 Å². The second-order valence-electron chi connectivity index (χ2n) is 5.95. The molecule has 0 bridgehead atoms. The van der Waals surface area contributed by atoms with Crippen molar-refractivity contribution in [1.29, 1.82) is 0 Å². The number of alkyl halides is 2. The lowest BCUT2D eigenvalue weighted by atomic mass is 10.3. The molecule has 3 aromatic rings. The van der Waals surface area contributed by atoms with Crippen molar-refractivity contribution in [3.63, 3.8) is 0 Å². The number of aromatic nitrogens is 3. The molecule has 1 aliphatic rings. The molecule has 2 aromatic heterocycles. The molecule has 1 aliphatic heterocycles. The third-order valence-electron chi connectivity index (χ3n) is 4.26. The molecule has 0 radical (unpaired) electrons. The topological polar surface area (TPSA) is 88.5 Å². The van der Waals surface area contributed by atoms with Crippen LogP contribution in [0.15, 0.2) is 41.7 Å². The highest BCUT2D eigenvalue weighted by molar-refractivity contribution is 7.89. The maximum atomic E-state index is 12.8. The molecule has 1 aromatic carbocycles. The minimum Gasteiger partial charge on any atom is -0.435 e. The zero-order chi connectivity index (χ0) is 19.7. The standard InChI is InChI=1S/C16H15F2N5O3S2/c17-15(18)26-11-1-3-12(4-2-11)28(24,25)23-7-5-22(6-8-23)16-21-14-13(27-16)9-19-10-20-14/h1-4,9-10,15H,5-8H2. The minimum absolute atomic E-state index is 0.0397. The quantitative estimate of drug-likeness (QED) is 0.617. The number of fused-ring (bicyclic) bond motifs is 1. The van der Waals surface area contributed by atoms with Crippen molar-refractivity contribution in [2.24, 2.45) is 0 Å². The third-order valence-corrected chi connectivity index (χ3v) is 7.21. The highest BCUT2D eigenvalue weighted by Gasteiger charge is 2.29. The van der Waals surface area contributed by atoms with E-state index in [0.717, 1.165) is 9.83 Å². The average Bonchev–Trinajstić information content (AvgIpc) is 3.12. The summed E-state index contributed by atoms with van der Waals surface area (Å²) in [5, 5.41) is 0.779. The van der Waals surface area contributed by atoms with Crippen molar-refractivity contribution in [2.75, 3.05) is 31.1 Å². The lowest BCUT2D eigenvalue weighted by Crippen LogP contribution is -2.48. The number of sulfonamides is 1. The molecule has 148 valence electrons. The van der Waals surface area contributed by atoms with Gasteiger partial charge in [0, 0.05) is 32.4 Å². The first kappa shape index (κ1) is 18.9. The number of hydrogen-bond donors (Lipinski definition) is 0. The second-order valence-corrected chi connectivity index (χ2v) is 8.90. The van der Waals surface area contributed by atoms with E-state index in [0.29, 0.717) is 31.8 Å². The van der Waals surface area contributed by atoms with E-state index < -0.39 is 16.6 Å². The van der Waals surface area contributed by atoms with Crippen LogP contribution < -0.4 is 9.64 Å². The van der Waals surface area contributed by atoms with Gasteiger partial charge in [0.2, 0.25) is 10.0 Å². The van der Waals surface area contributed by atoms with Crippen molar-refractivity contribution in [3.05, 3.63) is 36.8 Å². The molecule has 28 heavy (non-hydrogen) atoms. The van der Waals surface area contributed by atoms with Crippen molar-refractivity contribution < 1.29 is 21.9 Å². The number of hydrogen-bond acceptors (Lipinski definition) is 8. The molecular weight excluding hydrogens is 412 g/mol. The highest BCUT2D eigenvalue weighted by atomic mass is 32.2. The Kier molecular flexibility index (Phi) is 5.08. The summed E-state index contributed by atoms with van der Waals surface area (Å²) in [6.45, 7) is -1.40. The Labute approximate surface area is 163 Å². The van der Waals surface area contributed by atoms with E-state index in [1.807, 2.05) is 4.90 Å². The van der Waals surface area contributed by atoms with Crippen molar-refractivity contribution >= 4 is 36.8 Å². The fourth-order valence-electron chi connectivity index (χ4n) is 2.88. The van der Waals surface area contributed by atoms with E-state index in [4.69, 9.17) is 0 Å². The van der Waals surface area contributed by atoms with Gasteiger partial charge >= 0.3 is 6.61 Å². The van der Waals surface area contributed by atoms with E-state index in [1.54, 1.807) is 6.20 Å². The van der Waals surface area contributed by atoms with Crippen LogP contribution in [-0.4, -0.2) is 60.5 Å². The fraction of sp³-hybridized carbons (Fsp3) is 0.312. The lowest BCUT2D eigenvalue weighted by molar-refractivity contribution is -0.0498. The smallest absolute Gasteiger partial charge is 0.387 e. The van der Waals surface area contributed by atoms with Gasteiger partial charge in [-0.25, -0.2) is 18.4 Å². The Morgan fingerprint density at radius 1 is 1.11 bits per heavy atom. The summed E-state index contributed by atoms with van der Waals surface area (Å²) in [6, 6.07) is 4.98. The Morgan fingerprint density at radius 2 is 1.82 bits per heavy atom. The number of nitrogens with zero attached hydrogens (tertiary/aromatic N) is 5. The molecule has 0 saturated carbocycles. The summed E-state index contributed by atoms with van der Waals surface area (Å²) in [6.07, 6.45) is 3.14. The number of ether oxygens (including phenoxy) is 1. The molecule has 3 heterocycles. The van der Waals surface area contributed by atoms with Gasteiger partial charge in [-0.3, -0.25) is 0 Å². The third kappa shape index (κ3) is 3.75. The van der Waals surface area contributed by atoms with E-state index in [9.17, 15) is 17.2 Å². The van der Waals surface area contributed by atoms with Crippen molar-refractivity contribution in [2.45, 2.75) is 11.5 Å². The summed E-state index contributed by atoms with van der Waals surface area (Å²) >= 11 is 1.46. The van der Waals surface area contributed by atoms with Gasteiger partial charge in [-0.15, -0.1) is 0 Å². The Morgan fingerprint density at radius 3 is 2.46 bits per heavy atom. The van der Waals surface area contributed by atoms with Gasteiger partial charge in [-0.1, -0.05) is 11.3 Å². The molecule has 12 heteroatoms. The maximum absolute atomic E-state index is 12.8. The first-order valence-electron chi connectivity index (χ1n) is 8.30. The van der Waals surface area contributed by atoms with Gasteiger partial charge in [0.1, 0.15) is 12.1 Å². The fourth-order valence-corrected chi connectivity index (χ4v) is 5.24. The predicted molar refractivity (Wildman–Crippen MR) is 99.3 cm³/mol. The predicted octanol–water partition coefficient (Wildman–Crippen LogP) is 2.20. The van der Waals surface area contributed by atoms with E-state index in [-0.39, 0.29) is 10.6 Å². The molecule has 4 rings (SSSR count). The molecule has 0 unspecified atom stereocenters. The number of benzene rings is 1. The molecule has 0 amide bonds. The Hall–Kier alpha value is -2.44. The van der Waals surface area contributed by atoms with Crippen LogP contribution in [0.25, 0.3) is 10.3 Å².